The number of nitrogens with zero attached hydrogens (tertiary/aromatic N) is 2. The molecule has 0 fully saturated rings. The van der Waals surface area contributed by atoms with Gasteiger partial charge in [0.15, 0.2) is 5.82 Å². The molecule has 0 amide bonds. The van der Waals surface area contributed by atoms with Gasteiger partial charge in [0.05, 0.1) is 31.8 Å². The number of aromatic nitrogens is 2. The molecule has 0 aromatic carbocycles. The van der Waals surface area contributed by atoms with Crippen molar-refractivity contribution in [3.63, 3.8) is 0 Å². The molecular weight excluding hydrogens is 199 g/mol. The van der Waals surface area contributed by atoms with E-state index in [1.54, 1.807) is 0 Å². The van der Waals surface area contributed by atoms with Crippen molar-refractivity contribution in [3.05, 3.63) is 18.2 Å². The number of rotatable bonds is 4. The second-order valence-electron chi connectivity index (χ2n) is 2.45. The lowest BCUT2D eigenvalue weighted by Crippen LogP contribution is -2.10. The van der Waals surface area contributed by atoms with Gasteiger partial charge in [-0.05, 0) is 0 Å². The zero-order chi connectivity index (χ0) is 9.90. The zero-order valence-corrected chi connectivity index (χ0v) is 7.79. The molecule has 1 rings (SSSR count). The predicted molar refractivity (Wildman–Crippen MR) is 43.0 cm³/mol. The maximum absolute atomic E-state index is 12.3. The quantitative estimate of drug-likeness (QED) is 0.653. The fourth-order valence-corrected chi connectivity index (χ4v) is 1.12. The fraction of sp³-hybridized carbons (Fsp3) is 0.500. The van der Waals surface area contributed by atoms with Gasteiger partial charge in [0.25, 0.3) is 10.1 Å². The Kier molecular flexibility index (Phi) is 2.99. The van der Waals surface area contributed by atoms with Crippen LogP contribution in [0.5, 0.6) is 0 Å². The van der Waals surface area contributed by atoms with Gasteiger partial charge in [-0.25, -0.2) is 4.39 Å². The van der Waals surface area contributed by atoms with Crippen LogP contribution in [0.15, 0.2) is 12.4 Å². The minimum absolute atomic E-state index is 0.0417. The first kappa shape index (κ1) is 10.1. The number of hydrogen-bond donors (Lipinski definition) is 0. The minimum atomic E-state index is -3.42. The van der Waals surface area contributed by atoms with Crippen LogP contribution in [0.25, 0.3) is 0 Å². The summed E-state index contributed by atoms with van der Waals surface area (Å²) in [7, 11) is -3.42. The first-order valence-corrected chi connectivity index (χ1v) is 5.31. The first-order valence-electron chi connectivity index (χ1n) is 3.50. The van der Waals surface area contributed by atoms with Gasteiger partial charge in [0, 0.05) is 0 Å². The Hall–Kier alpha value is -0.950. The maximum atomic E-state index is 12.3. The molecular formula is C6H9FN2O3S. The average molecular weight is 208 g/mol. The Morgan fingerprint density at radius 2 is 2.38 bits per heavy atom. The maximum Gasteiger partial charge on any atom is 0.264 e. The molecule has 0 unspecified atom stereocenters. The summed E-state index contributed by atoms with van der Waals surface area (Å²) in [5.74, 6) is -0.459. The Balaban J connectivity index is 2.36. The molecule has 7 heteroatoms. The summed E-state index contributed by atoms with van der Waals surface area (Å²) in [6, 6.07) is 0. The van der Waals surface area contributed by atoms with Crippen molar-refractivity contribution in [2.75, 3.05) is 12.9 Å². The Labute approximate surface area is 75.2 Å². The molecule has 5 nitrogen and oxygen atoms in total. The van der Waals surface area contributed by atoms with Crippen molar-refractivity contribution in [3.8, 4) is 0 Å². The van der Waals surface area contributed by atoms with E-state index in [4.69, 9.17) is 0 Å². The van der Waals surface area contributed by atoms with Crippen LogP contribution in [-0.2, 0) is 20.8 Å². The van der Waals surface area contributed by atoms with Crippen molar-refractivity contribution in [1.29, 1.82) is 0 Å². The third kappa shape index (κ3) is 4.00. The van der Waals surface area contributed by atoms with E-state index in [2.05, 4.69) is 9.28 Å². The van der Waals surface area contributed by atoms with Gasteiger partial charge in [0.1, 0.15) is 0 Å². The minimum Gasteiger partial charge on any atom is -0.268 e. The van der Waals surface area contributed by atoms with E-state index in [-0.39, 0.29) is 13.2 Å². The van der Waals surface area contributed by atoms with Gasteiger partial charge in [-0.3, -0.25) is 8.86 Å². The van der Waals surface area contributed by atoms with Gasteiger partial charge < -0.3 is 0 Å². The normalized spacial score (nSPS) is 11.8. The summed E-state index contributed by atoms with van der Waals surface area (Å²) < 4.78 is 39.0. The van der Waals surface area contributed by atoms with E-state index in [1.807, 2.05) is 0 Å². The molecule has 74 valence electrons. The lowest BCUT2D eigenvalue weighted by Gasteiger charge is -2.00. The summed E-state index contributed by atoms with van der Waals surface area (Å²) in [6.45, 7) is 0.164. The highest BCUT2D eigenvalue weighted by Crippen LogP contribution is 1.94. The monoisotopic (exact) mass is 208 g/mol. The topological polar surface area (TPSA) is 61.2 Å². The SMILES string of the molecule is CS(=O)(=O)OCCn1cc(F)cn1. The van der Waals surface area contributed by atoms with Crippen LogP contribution in [0, 0.1) is 5.82 Å². The van der Waals surface area contributed by atoms with Gasteiger partial charge in [-0.1, -0.05) is 0 Å². The van der Waals surface area contributed by atoms with E-state index in [0.29, 0.717) is 0 Å². The Morgan fingerprint density at radius 1 is 1.69 bits per heavy atom. The largest absolute Gasteiger partial charge is 0.268 e. The molecule has 1 heterocycles. The zero-order valence-electron chi connectivity index (χ0n) is 6.97. The van der Waals surface area contributed by atoms with Crippen molar-refractivity contribution >= 4 is 10.1 Å². The summed E-state index contributed by atoms with van der Waals surface area (Å²) in [4.78, 5) is 0. The van der Waals surface area contributed by atoms with Crippen LogP contribution in [0.2, 0.25) is 0 Å². The summed E-state index contributed by atoms with van der Waals surface area (Å²) in [5.41, 5.74) is 0. The van der Waals surface area contributed by atoms with Crippen molar-refractivity contribution in [2.24, 2.45) is 0 Å². The highest BCUT2D eigenvalue weighted by Gasteiger charge is 2.02. The molecule has 13 heavy (non-hydrogen) atoms. The second kappa shape index (κ2) is 3.84. The lowest BCUT2D eigenvalue weighted by molar-refractivity contribution is 0.297. The molecule has 1 aromatic rings. The third-order valence-corrected chi connectivity index (χ3v) is 1.81. The summed E-state index contributed by atoms with van der Waals surface area (Å²) in [5, 5.41) is 3.60. The van der Waals surface area contributed by atoms with Crippen LogP contribution >= 0.6 is 0 Å². The molecule has 0 spiro atoms. The summed E-state index contributed by atoms with van der Waals surface area (Å²) >= 11 is 0. The molecule has 0 radical (unpaired) electrons. The third-order valence-electron chi connectivity index (χ3n) is 1.22. The van der Waals surface area contributed by atoms with Gasteiger partial charge in [-0.2, -0.15) is 13.5 Å². The van der Waals surface area contributed by atoms with E-state index >= 15 is 0 Å². The lowest BCUT2D eigenvalue weighted by atomic mass is 10.6. The second-order valence-corrected chi connectivity index (χ2v) is 4.09. The van der Waals surface area contributed by atoms with Crippen molar-refractivity contribution < 1.29 is 17.0 Å². The Bertz CT molecular complexity index is 373. The average Bonchev–Trinajstić information content (AvgIpc) is 2.33. The molecule has 0 N–H and O–H groups in total. The molecule has 0 saturated carbocycles. The van der Waals surface area contributed by atoms with Crippen LogP contribution < -0.4 is 0 Å². The van der Waals surface area contributed by atoms with E-state index in [1.165, 1.54) is 4.68 Å². The Morgan fingerprint density at radius 3 is 2.85 bits per heavy atom. The molecule has 0 aliphatic rings. The predicted octanol–water partition coefficient (Wildman–Crippen LogP) is -0.00160. The smallest absolute Gasteiger partial charge is 0.264 e. The number of hydrogen-bond acceptors (Lipinski definition) is 4. The highest BCUT2D eigenvalue weighted by atomic mass is 32.2. The van der Waals surface area contributed by atoms with E-state index < -0.39 is 15.9 Å². The van der Waals surface area contributed by atoms with E-state index in [9.17, 15) is 12.8 Å². The van der Waals surface area contributed by atoms with Gasteiger partial charge in [0.2, 0.25) is 0 Å². The molecule has 0 aliphatic carbocycles. The molecule has 0 atom stereocenters. The molecule has 0 bridgehead atoms. The van der Waals surface area contributed by atoms with Crippen molar-refractivity contribution in [1.82, 2.24) is 9.78 Å². The molecule has 0 aliphatic heterocycles. The van der Waals surface area contributed by atoms with E-state index in [0.717, 1.165) is 18.6 Å². The van der Waals surface area contributed by atoms with Crippen molar-refractivity contribution in [2.45, 2.75) is 6.54 Å². The van der Waals surface area contributed by atoms with Crippen LogP contribution in [-0.4, -0.2) is 31.1 Å². The van der Waals surface area contributed by atoms with Crippen LogP contribution in [0.3, 0.4) is 0 Å². The molecule has 1 aromatic heterocycles. The van der Waals surface area contributed by atoms with Crippen LogP contribution in [0.4, 0.5) is 4.39 Å². The number of halogens is 1. The first-order chi connectivity index (χ1) is 5.97. The van der Waals surface area contributed by atoms with Gasteiger partial charge in [-0.15, -0.1) is 0 Å². The van der Waals surface area contributed by atoms with Crippen LogP contribution in [0.1, 0.15) is 0 Å². The highest BCUT2D eigenvalue weighted by molar-refractivity contribution is 7.85. The summed E-state index contributed by atoms with van der Waals surface area (Å²) in [6.07, 6.45) is 3.16. The standard InChI is InChI=1S/C6H9FN2O3S/c1-13(10,11)12-3-2-9-5-6(7)4-8-9/h4-5H,2-3H2,1H3. The molecule has 0 saturated heterocycles. The van der Waals surface area contributed by atoms with Gasteiger partial charge >= 0.3 is 0 Å². The fourth-order valence-electron chi connectivity index (χ4n) is 0.743.